The number of anilines is 1. The van der Waals surface area contributed by atoms with E-state index >= 15 is 0 Å². The molecule has 0 bridgehead atoms. The number of aromatic amines is 1. The van der Waals surface area contributed by atoms with Crippen LogP contribution in [-0.2, 0) is 15.8 Å². The van der Waals surface area contributed by atoms with E-state index in [1.165, 1.54) is 36.4 Å². The van der Waals surface area contributed by atoms with Crippen LogP contribution in [0.5, 0.6) is 17.2 Å². The number of aromatic nitrogens is 3. The van der Waals surface area contributed by atoms with Gasteiger partial charge in [0.25, 0.3) is 5.56 Å². The molecule has 0 aliphatic rings. The van der Waals surface area contributed by atoms with Crippen molar-refractivity contribution in [2.45, 2.75) is 12.7 Å². The average Bonchev–Trinajstić information content (AvgIpc) is 2.79. The number of rotatable bonds is 7. The SMILES string of the molecule is Cc1cc(-n2ncc(=O)[nH]c2=O)cc(Cl)c1Oc1ccc(O)c(NS(=O)(=O)Cc2ccc(F)cc2)c1. The van der Waals surface area contributed by atoms with Crippen LogP contribution in [0.4, 0.5) is 10.1 Å². The van der Waals surface area contributed by atoms with Crippen LogP contribution in [0.25, 0.3) is 5.69 Å². The predicted octanol–water partition coefficient (Wildman–Crippen LogP) is 3.46. The van der Waals surface area contributed by atoms with E-state index in [0.717, 1.165) is 23.0 Å². The highest BCUT2D eigenvalue weighted by molar-refractivity contribution is 7.91. The van der Waals surface area contributed by atoms with Gasteiger partial charge in [0.15, 0.2) is 0 Å². The third-order valence-corrected chi connectivity index (χ3v) is 6.42. The Hall–Kier alpha value is -4.16. The van der Waals surface area contributed by atoms with E-state index in [1.807, 2.05) is 0 Å². The summed E-state index contributed by atoms with van der Waals surface area (Å²) in [6.07, 6.45) is 0.949. The molecule has 0 unspecified atom stereocenters. The predicted molar refractivity (Wildman–Crippen MR) is 131 cm³/mol. The number of phenolic OH excluding ortho intramolecular Hbond substituents is 1. The van der Waals surface area contributed by atoms with Gasteiger partial charge in [0.05, 0.1) is 22.2 Å². The number of hydrogen-bond donors (Lipinski definition) is 3. The molecule has 10 nitrogen and oxygen atoms in total. The van der Waals surface area contributed by atoms with Crippen LogP contribution in [0, 0.1) is 12.7 Å². The maximum absolute atomic E-state index is 13.1. The number of H-pyrrole nitrogens is 1. The van der Waals surface area contributed by atoms with E-state index in [9.17, 15) is 27.5 Å². The molecular weight excluding hydrogens is 515 g/mol. The van der Waals surface area contributed by atoms with Gasteiger partial charge >= 0.3 is 5.69 Å². The van der Waals surface area contributed by atoms with Crippen LogP contribution in [0.15, 0.2) is 70.4 Å². The Morgan fingerprint density at radius 2 is 1.86 bits per heavy atom. The highest BCUT2D eigenvalue weighted by Gasteiger charge is 2.17. The highest BCUT2D eigenvalue weighted by atomic mass is 35.5. The summed E-state index contributed by atoms with van der Waals surface area (Å²) < 4.78 is 47.3. The Bertz CT molecular complexity index is 1650. The number of halogens is 2. The summed E-state index contributed by atoms with van der Waals surface area (Å²) in [5, 5.41) is 14.1. The van der Waals surface area contributed by atoms with Gasteiger partial charge in [-0.05, 0) is 54.4 Å². The number of benzene rings is 3. The van der Waals surface area contributed by atoms with Crippen molar-refractivity contribution >= 4 is 27.3 Å². The lowest BCUT2D eigenvalue weighted by Crippen LogP contribution is -2.30. The van der Waals surface area contributed by atoms with Crippen molar-refractivity contribution in [3.63, 3.8) is 0 Å². The second-order valence-corrected chi connectivity index (χ2v) is 9.82. The maximum Gasteiger partial charge on any atom is 0.349 e. The van der Waals surface area contributed by atoms with Crippen LogP contribution in [0.2, 0.25) is 5.02 Å². The van der Waals surface area contributed by atoms with E-state index in [4.69, 9.17) is 16.3 Å². The molecule has 4 rings (SSSR count). The molecular formula is C23H18ClFN4O6S. The Morgan fingerprint density at radius 1 is 1.14 bits per heavy atom. The lowest BCUT2D eigenvalue weighted by molar-refractivity contribution is 0.465. The van der Waals surface area contributed by atoms with Gasteiger partial charge in [0.2, 0.25) is 10.0 Å². The van der Waals surface area contributed by atoms with Crippen LogP contribution < -0.4 is 20.7 Å². The Kier molecular flexibility index (Phi) is 6.82. The van der Waals surface area contributed by atoms with Crippen molar-refractivity contribution in [2.75, 3.05) is 4.72 Å². The molecule has 4 aromatic rings. The topological polar surface area (TPSA) is 143 Å². The van der Waals surface area contributed by atoms with Crippen LogP contribution in [0.1, 0.15) is 11.1 Å². The van der Waals surface area contributed by atoms with Crippen molar-refractivity contribution in [3.05, 3.63) is 104 Å². The molecule has 186 valence electrons. The zero-order valence-corrected chi connectivity index (χ0v) is 20.1. The zero-order chi connectivity index (χ0) is 26.0. The summed E-state index contributed by atoms with van der Waals surface area (Å²) in [5.41, 5.74) is -0.383. The molecule has 1 aromatic heterocycles. The number of nitrogens with zero attached hydrogens (tertiary/aromatic N) is 2. The molecule has 0 saturated heterocycles. The van der Waals surface area contributed by atoms with Gasteiger partial charge in [-0.25, -0.2) is 17.6 Å². The van der Waals surface area contributed by atoms with Gasteiger partial charge in [-0.2, -0.15) is 9.78 Å². The summed E-state index contributed by atoms with van der Waals surface area (Å²) >= 11 is 6.37. The second-order valence-electron chi connectivity index (χ2n) is 7.69. The highest BCUT2D eigenvalue weighted by Crippen LogP contribution is 2.37. The molecule has 3 N–H and O–H groups in total. The summed E-state index contributed by atoms with van der Waals surface area (Å²) in [4.78, 5) is 25.4. The number of aromatic hydroxyl groups is 1. The Balaban J connectivity index is 1.58. The summed E-state index contributed by atoms with van der Waals surface area (Å²) in [6.45, 7) is 1.66. The minimum absolute atomic E-state index is 0.108. The smallest absolute Gasteiger partial charge is 0.349 e. The van der Waals surface area contributed by atoms with Gasteiger partial charge < -0.3 is 9.84 Å². The molecule has 13 heteroatoms. The van der Waals surface area contributed by atoms with E-state index in [1.54, 1.807) is 13.0 Å². The lowest BCUT2D eigenvalue weighted by Gasteiger charge is -2.15. The Labute approximate surface area is 208 Å². The molecule has 0 saturated carbocycles. The van der Waals surface area contributed by atoms with Crippen LogP contribution in [-0.4, -0.2) is 28.3 Å². The zero-order valence-electron chi connectivity index (χ0n) is 18.5. The fraction of sp³-hybridized carbons (Fsp3) is 0.0870. The first-order chi connectivity index (χ1) is 17.0. The molecule has 0 aliphatic heterocycles. The largest absolute Gasteiger partial charge is 0.506 e. The molecule has 3 aromatic carbocycles. The maximum atomic E-state index is 13.1. The fourth-order valence-electron chi connectivity index (χ4n) is 3.28. The third-order valence-electron chi connectivity index (χ3n) is 4.89. The molecule has 36 heavy (non-hydrogen) atoms. The van der Waals surface area contributed by atoms with Gasteiger partial charge in [-0.3, -0.25) is 14.5 Å². The molecule has 0 spiro atoms. The first kappa shape index (κ1) is 24.9. The molecule has 0 atom stereocenters. The monoisotopic (exact) mass is 532 g/mol. The van der Waals surface area contributed by atoms with Crippen LogP contribution in [0.3, 0.4) is 0 Å². The first-order valence-electron chi connectivity index (χ1n) is 10.3. The van der Waals surface area contributed by atoms with Crippen LogP contribution >= 0.6 is 11.6 Å². The molecule has 0 amide bonds. The number of ether oxygens (including phenoxy) is 1. The van der Waals surface area contributed by atoms with Gasteiger partial charge in [-0.1, -0.05) is 23.7 Å². The minimum atomic E-state index is -3.95. The van der Waals surface area contributed by atoms with E-state index in [-0.39, 0.29) is 33.6 Å². The third kappa shape index (κ3) is 5.73. The van der Waals surface area contributed by atoms with Crippen molar-refractivity contribution in [3.8, 4) is 22.9 Å². The standard InChI is InChI=1S/C23H18ClFN4O6S/c1-13-8-16(29-23(32)27-21(31)11-26-29)9-18(24)22(13)35-17-6-7-20(30)19(10-17)28-36(33,34)12-14-2-4-15(25)5-3-14/h2-11,28,30H,12H2,1H3,(H,27,31,32). The average molecular weight is 533 g/mol. The summed E-state index contributed by atoms with van der Waals surface area (Å²) in [7, 11) is -3.95. The Morgan fingerprint density at radius 3 is 2.53 bits per heavy atom. The normalized spacial score (nSPS) is 11.3. The van der Waals surface area contributed by atoms with Gasteiger partial charge in [-0.15, -0.1) is 0 Å². The first-order valence-corrected chi connectivity index (χ1v) is 12.3. The second kappa shape index (κ2) is 9.84. The molecule has 0 fully saturated rings. The van der Waals surface area contributed by atoms with Gasteiger partial charge in [0.1, 0.15) is 29.3 Å². The van der Waals surface area contributed by atoms with Crippen molar-refractivity contribution in [1.82, 2.24) is 14.8 Å². The van der Waals surface area contributed by atoms with Crippen molar-refractivity contribution in [1.29, 1.82) is 0 Å². The number of hydrogen-bond acceptors (Lipinski definition) is 7. The summed E-state index contributed by atoms with van der Waals surface area (Å²) in [6, 6.07) is 11.9. The summed E-state index contributed by atoms with van der Waals surface area (Å²) in [5.74, 6) is -0.905. The number of phenols is 1. The van der Waals surface area contributed by atoms with Crippen molar-refractivity contribution < 1.29 is 22.7 Å². The molecule has 0 aliphatic carbocycles. The minimum Gasteiger partial charge on any atom is -0.506 e. The fourth-order valence-corrected chi connectivity index (χ4v) is 4.78. The van der Waals surface area contributed by atoms with Gasteiger partial charge in [0, 0.05) is 6.07 Å². The molecule has 0 radical (unpaired) electrons. The van der Waals surface area contributed by atoms with E-state index in [2.05, 4.69) is 14.8 Å². The number of aryl methyl sites for hydroxylation is 1. The molecule has 1 heterocycles. The van der Waals surface area contributed by atoms with E-state index in [0.29, 0.717) is 11.1 Å². The number of nitrogens with one attached hydrogen (secondary N) is 2. The van der Waals surface area contributed by atoms with Crippen molar-refractivity contribution in [2.24, 2.45) is 0 Å². The number of sulfonamides is 1. The lowest BCUT2D eigenvalue weighted by atomic mass is 10.2. The quantitative estimate of drug-likeness (QED) is 0.309. The van der Waals surface area contributed by atoms with E-state index < -0.39 is 32.8 Å².